The summed E-state index contributed by atoms with van der Waals surface area (Å²) in [6.45, 7) is 5.22. The Morgan fingerprint density at radius 3 is 2.41 bits per heavy atom. The third-order valence-corrected chi connectivity index (χ3v) is 3.15. The maximum Gasteiger partial charge on any atom is 0.326 e. The predicted octanol–water partition coefficient (Wildman–Crippen LogP) is 2.57. The van der Waals surface area contributed by atoms with Crippen molar-refractivity contribution in [3.05, 3.63) is 42.3 Å². The summed E-state index contributed by atoms with van der Waals surface area (Å²) in [5.74, 6) is -1.35. The Morgan fingerprint density at radius 1 is 1.23 bits per heavy atom. The van der Waals surface area contributed by atoms with Gasteiger partial charge in [0.2, 0.25) is 5.89 Å². The Morgan fingerprint density at radius 2 is 1.86 bits per heavy atom. The second kappa shape index (κ2) is 6.01. The summed E-state index contributed by atoms with van der Waals surface area (Å²) in [5.41, 5.74) is 0.175. The molecule has 0 aliphatic carbocycles. The van der Waals surface area contributed by atoms with Crippen molar-refractivity contribution in [3.8, 4) is 11.5 Å². The number of rotatable bonds is 4. The van der Waals surface area contributed by atoms with E-state index in [0.29, 0.717) is 5.89 Å². The monoisotopic (exact) mass is 302 g/mol. The number of hydrogen-bond donors (Lipinski definition) is 2. The predicted molar refractivity (Wildman–Crippen MR) is 80.3 cm³/mol. The number of carbonyl (C=O) groups is 2. The number of nitrogens with one attached hydrogen (secondary N) is 1. The molecule has 1 aromatic heterocycles. The minimum Gasteiger partial charge on any atom is -0.480 e. The van der Waals surface area contributed by atoms with Gasteiger partial charge in [0.1, 0.15) is 12.3 Å². The van der Waals surface area contributed by atoms with Gasteiger partial charge in [0.05, 0.1) is 0 Å². The zero-order chi connectivity index (χ0) is 16.3. The number of nitrogens with zero attached hydrogens (tertiary/aromatic N) is 1. The summed E-state index contributed by atoms with van der Waals surface area (Å²) in [4.78, 5) is 27.5. The number of aliphatic carboxylic acids is 1. The molecule has 0 radical (unpaired) electrons. The first-order chi connectivity index (χ1) is 10.3. The van der Waals surface area contributed by atoms with E-state index in [9.17, 15) is 14.7 Å². The molecule has 6 heteroatoms. The molecule has 2 N–H and O–H groups in total. The molecule has 2 rings (SSSR count). The average molecular weight is 302 g/mol. The largest absolute Gasteiger partial charge is 0.480 e. The number of hydrogen-bond acceptors (Lipinski definition) is 4. The van der Waals surface area contributed by atoms with Crippen molar-refractivity contribution in [2.75, 3.05) is 0 Å². The van der Waals surface area contributed by atoms with E-state index in [2.05, 4.69) is 10.3 Å². The van der Waals surface area contributed by atoms with Gasteiger partial charge in [-0.1, -0.05) is 39.0 Å². The molecule has 0 aliphatic heterocycles. The fraction of sp³-hybridized carbons (Fsp3) is 0.312. The fourth-order valence-electron chi connectivity index (χ4n) is 1.95. The van der Waals surface area contributed by atoms with Crippen molar-refractivity contribution in [1.29, 1.82) is 0 Å². The highest BCUT2D eigenvalue weighted by atomic mass is 16.4. The van der Waals surface area contributed by atoms with E-state index in [1.165, 1.54) is 6.26 Å². The van der Waals surface area contributed by atoms with E-state index in [1.54, 1.807) is 20.8 Å². The summed E-state index contributed by atoms with van der Waals surface area (Å²) in [6, 6.07) is 8.13. The lowest BCUT2D eigenvalue weighted by molar-refractivity contribution is -0.142. The lowest BCUT2D eigenvalue weighted by Gasteiger charge is -2.27. The maximum atomic E-state index is 12.2. The van der Waals surface area contributed by atoms with Crippen LogP contribution in [-0.2, 0) is 4.79 Å². The lowest BCUT2D eigenvalue weighted by atomic mass is 9.87. The van der Waals surface area contributed by atoms with Gasteiger partial charge < -0.3 is 14.8 Å². The first kappa shape index (κ1) is 15.8. The minimum absolute atomic E-state index is 0.0503. The van der Waals surface area contributed by atoms with E-state index < -0.39 is 23.3 Å². The summed E-state index contributed by atoms with van der Waals surface area (Å²) in [7, 11) is 0. The Labute approximate surface area is 128 Å². The van der Waals surface area contributed by atoms with E-state index in [0.717, 1.165) is 5.56 Å². The quantitative estimate of drug-likeness (QED) is 0.905. The third-order valence-electron chi connectivity index (χ3n) is 3.15. The third kappa shape index (κ3) is 3.52. The van der Waals surface area contributed by atoms with Crippen molar-refractivity contribution in [2.45, 2.75) is 26.8 Å². The second-order valence-electron chi connectivity index (χ2n) is 6.01. The Hall–Kier alpha value is -2.63. The molecule has 0 fully saturated rings. The molecule has 0 spiro atoms. The van der Waals surface area contributed by atoms with E-state index in [-0.39, 0.29) is 5.69 Å². The van der Waals surface area contributed by atoms with Gasteiger partial charge >= 0.3 is 5.97 Å². The van der Waals surface area contributed by atoms with Gasteiger partial charge in [-0.15, -0.1) is 0 Å². The van der Waals surface area contributed by atoms with Crippen LogP contribution in [0, 0.1) is 5.41 Å². The number of benzene rings is 1. The lowest BCUT2D eigenvalue weighted by Crippen LogP contribution is -2.49. The molecule has 0 saturated heterocycles. The van der Waals surface area contributed by atoms with Crippen LogP contribution in [0.15, 0.2) is 41.0 Å². The van der Waals surface area contributed by atoms with Crippen LogP contribution in [0.1, 0.15) is 31.3 Å². The second-order valence-corrected chi connectivity index (χ2v) is 6.01. The molecule has 6 nitrogen and oxygen atoms in total. The zero-order valence-corrected chi connectivity index (χ0v) is 12.7. The normalized spacial score (nSPS) is 12.7. The molecule has 22 heavy (non-hydrogen) atoms. The topological polar surface area (TPSA) is 92.4 Å². The Balaban J connectivity index is 2.17. The molecule has 0 unspecified atom stereocenters. The Bertz CT molecular complexity index is 671. The maximum absolute atomic E-state index is 12.2. The van der Waals surface area contributed by atoms with Crippen molar-refractivity contribution < 1.29 is 19.1 Å². The van der Waals surface area contributed by atoms with Crippen LogP contribution in [0.4, 0.5) is 0 Å². The SMILES string of the molecule is CC(C)(C)[C@H](NC(=O)c1coc(-c2ccccc2)n1)C(=O)O. The zero-order valence-electron chi connectivity index (χ0n) is 12.7. The van der Waals surface area contributed by atoms with Gasteiger partial charge in [-0.05, 0) is 17.5 Å². The number of oxazole rings is 1. The number of aromatic nitrogens is 1. The van der Waals surface area contributed by atoms with Gasteiger partial charge in [0.25, 0.3) is 5.91 Å². The molecule has 0 bridgehead atoms. The van der Waals surface area contributed by atoms with Crippen LogP contribution < -0.4 is 5.32 Å². The molecule has 2 aromatic rings. The van der Waals surface area contributed by atoms with E-state index >= 15 is 0 Å². The number of carboxylic acid groups (broad SMARTS) is 1. The van der Waals surface area contributed by atoms with Crippen molar-refractivity contribution >= 4 is 11.9 Å². The van der Waals surface area contributed by atoms with Gasteiger partial charge in [0, 0.05) is 5.56 Å². The van der Waals surface area contributed by atoms with Gasteiger partial charge in [-0.2, -0.15) is 0 Å². The van der Waals surface area contributed by atoms with Crippen molar-refractivity contribution in [3.63, 3.8) is 0 Å². The Kier molecular flexibility index (Phi) is 4.30. The van der Waals surface area contributed by atoms with Crippen molar-refractivity contribution in [2.24, 2.45) is 5.41 Å². The van der Waals surface area contributed by atoms with Gasteiger partial charge in [-0.3, -0.25) is 4.79 Å². The molecular weight excluding hydrogens is 284 g/mol. The number of carboxylic acids is 1. The first-order valence-corrected chi connectivity index (χ1v) is 6.83. The summed E-state index contributed by atoms with van der Waals surface area (Å²) < 4.78 is 5.28. The molecule has 1 aromatic carbocycles. The van der Waals surface area contributed by atoms with Crippen LogP contribution in [0.25, 0.3) is 11.5 Å². The molecule has 116 valence electrons. The van der Waals surface area contributed by atoms with Crippen LogP contribution in [0.3, 0.4) is 0 Å². The smallest absolute Gasteiger partial charge is 0.326 e. The molecule has 1 amide bonds. The highest BCUT2D eigenvalue weighted by Gasteiger charge is 2.33. The molecule has 1 atom stereocenters. The first-order valence-electron chi connectivity index (χ1n) is 6.83. The minimum atomic E-state index is -1.09. The number of carbonyl (C=O) groups excluding carboxylic acids is 1. The van der Waals surface area contributed by atoms with Gasteiger partial charge in [0.15, 0.2) is 5.69 Å². The van der Waals surface area contributed by atoms with Gasteiger partial charge in [-0.25, -0.2) is 9.78 Å². The molecule has 1 heterocycles. The highest BCUT2D eigenvalue weighted by Crippen LogP contribution is 2.21. The summed E-state index contributed by atoms with van der Waals surface area (Å²) in [6.07, 6.45) is 1.22. The van der Waals surface area contributed by atoms with Crippen LogP contribution in [0.5, 0.6) is 0 Å². The summed E-state index contributed by atoms with van der Waals surface area (Å²) in [5, 5.41) is 11.7. The molecule has 0 aliphatic rings. The van der Waals surface area contributed by atoms with Crippen LogP contribution in [-0.4, -0.2) is 28.0 Å². The molecule has 0 saturated carbocycles. The van der Waals surface area contributed by atoms with E-state index in [4.69, 9.17) is 4.42 Å². The summed E-state index contributed by atoms with van der Waals surface area (Å²) >= 11 is 0. The van der Waals surface area contributed by atoms with Crippen molar-refractivity contribution in [1.82, 2.24) is 10.3 Å². The standard InChI is InChI=1S/C16H18N2O4/c1-16(2,3)12(15(20)21)18-13(19)11-9-22-14(17-11)10-7-5-4-6-8-10/h4-9,12H,1-3H3,(H,18,19)(H,20,21)/t12-/m1/s1. The number of amides is 1. The highest BCUT2D eigenvalue weighted by molar-refractivity contribution is 5.95. The van der Waals surface area contributed by atoms with E-state index in [1.807, 2.05) is 30.3 Å². The van der Waals surface area contributed by atoms with Crippen LogP contribution in [0.2, 0.25) is 0 Å². The van der Waals surface area contributed by atoms with Crippen LogP contribution >= 0.6 is 0 Å². The molecular formula is C16H18N2O4. The fourth-order valence-corrected chi connectivity index (χ4v) is 1.95. The average Bonchev–Trinajstić information content (AvgIpc) is 2.93.